The number of benzene rings is 2. The van der Waals surface area contributed by atoms with Gasteiger partial charge in [-0.1, -0.05) is 32.0 Å². The molecule has 24 heavy (non-hydrogen) atoms. The maximum absolute atomic E-state index is 11.4. The quantitative estimate of drug-likeness (QED) is 0.667. The third kappa shape index (κ3) is 2.71. The van der Waals surface area contributed by atoms with E-state index in [2.05, 4.69) is 0 Å². The average Bonchev–Trinajstić information content (AvgIpc) is 2.53. The molecule has 0 aromatic heterocycles. The summed E-state index contributed by atoms with van der Waals surface area (Å²) in [6.07, 6.45) is -0.922. The number of nitro groups is 1. The topological polar surface area (TPSA) is 83.7 Å². The van der Waals surface area contributed by atoms with E-state index in [0.717, 1.165) is 22.3 Å². The molecule has 3 rings (SSSR count). The molecule has 0 unspecified atom stereocenters. The van der Waals surface area contributed by atoms with Gasteiger partial charge < -0.3 is 10.0 Å². The maximum Gasteiger partial charge on any atom is 0.407 e. The van der Waals surface area contributed by atoms with Gasteiger partial charge in [0.1, 0.15) is 0 Å². The van der Waals surface area contributed by atoms with E-state index in [-0.39, 0.29) is 11.1 Å². The summed E-state index contributed by atoms with van der Waals surface area (Å²) in [6.45, 7) is 4.82. The average molecular weight is 326 g/mol. The Morgan fingerprint density at radius 3 is 2.46 bits per heavy atom. The van der Waals surface area contributed by atoms with Crippen LogP contribution in [0.3, 0.4) is 0 Å². The van der Waals surface area contributed by atoms with E-state index in [1.54, 1.807) is 12.1 Å². The van der Waals surface area contributed by atoms with Gasteiger partial charge in [0, 0.05) is 30.6 Å². The molecule has 0 spiro atoms. The summed E-state index contributed by atoms with van der Waals surface area (Å²) in [5.41, 5.74) is 3.69. The van der Waals surface area contributed by atoms with E-state index in [0.29, 0.717) is 13.1 Å². The molecule has 1 N–H and O–H groups in total. The van der Waals surface area contributed by atoms with E-state index in [9.17, 15) is 20.0 Å². The van der Waals surface area contributed by atoms with Crippen LogP contribution in [0.25, 0.3) is 11.1 Å². The Morgan fingerprint density at radius 2 is 1.88 bits per heavy atom. The summed E-state index contributed by atoms with van der Waals surface area (Å²) >= 11 is 0. The molecule has 124 valence electrons. The minimum atomic E-state index is -0.922. The standard InChI is InChI=1S/C18H18N2O4/c1-18(2)11-19(17(21)22)10-13-4-3-5-15(16(13)18)12-6-8-14(9-7-12)20(23)24/h3-9H,10-11H2,1-2H3,(H,21,22). The van der Waals surface area contributed by atoms with Crippen molar-refractivity contribution >= 4 is 11.8 Å². The normalized spacial score (nSPS) is 15.7. The molecular formula is C18H18N2O4. The van der Waals surface area contributed by atoms with Crippen LogP contribution in [0.4, 0.5) is 10.5 Å². The van der Waals surface area contributed by atoms with Crippen molar-refractivity contribution in [3.05, 3.63) is 63.7 Å². The highest BCUT2D eigenvalue weighted by Gasteiger charge is 2.35. The van der Waals surface area contributed by atoms with Crippen molar-refractivity contribution in [1.29, 1.82) is 0 Å². The Bertz CT molecular complexity index is 812. The minimum Gasteiger partial charge on any atom is -0.465 e. The van der Waals surface area contributed by atoms with Crippen molar-refractivity contribution in [1.82, 2.24) is 4.90 Å². The molecule has 1 aliphatic heterocycles. The Balaban J connectivity index is 2.10. The molecule has 6 nitrogen and oxygen atoms in total. The predicted molar refractivity (Wildman–Crippen MR) is 90.0 cm³/mol. The van der Waals surface area contributed by atoms with Crippen molar-refractivity contribution < 1.29 is 14.8 Å². The van der Waals surface area contributed by atoms with Crippen molar-refractivity contribution in [3.63, 3.8) is 0 Å². The Kier molecular flexibility index (Phi) is 3.75. The van der Waals surface area contributed by atoms with E-state index in [4.69, 9.17) is 0 Å². The smallest absolute Gasteiger partial charge is 0.407 e. The number of rotatable bonds is 2. The summed E-state index contributed by atoms with van der Waals surface area (Å²) in [4.78, 5) is 23.2. The molecule has 0 saturated heterocycles. The largest absolute Gasteiger partial charge is 0.465 e. The van der Waals surface area contributed by atoms with Crippen molar-refractivity contribution in [2.45, 2.75) is 25.8 Å². The molecule has 0 aliphatic carbocycles. The molecule has 1 aliphatic rings. The number of hydrogen-bond donors (Lipinski definition) is 1. The van der Waals surface area contributed by atoms with E-state index in [1.807, 2.05) is 32.0 Å². The van der Waals surface area contributed by atoms with Gasteiger partial charge >= 0.3 is 6.09 Å². The van der Waals surface area contributed by atoms with E-state index >= 15 is 0 Å². The number of nitrogens with zero attached hydrogens (tertiary/aromatic N) is 2. The van der Waals surface area contributed by atoms with E-state index in [1.165, 1.54) is 17.0 Å². The Hall–Kier alpha value is -2.89. The van der Waals surface area contributed by atoms with Crippen LogP contribution in [0.15, 0.2) is 42.5 Å². The summed E-state index contributed by atoms with van der Waals surface area (Å²) < 4.78 is 0. The number of carboxylic acid groups (broad SMARTS) is 1. The van der Waals surface area contributed by atoms with Crippen LogP contribution in [0, 0.1) is 10.1 Å². The molecule has 6 heteroatoms. The zero-order valence-corrected chi connectivity index (χ0v) is 13.5. The monoisotopic (exact) mass is 326 g/mol. The van der Waals surface area contributed by atoms with Crippen molar-refractivity contribution in [2.75, 3.05) is 6.54 Å². The maximum atomic E-state index is 11.4. The summed E-state index contributed by atoms with van der Waals surface area (Å²) in [5, 5.41) is 20.2. The molecule has 0 radical (unpaired) electrons. The van der Waals surface area contributed by atoms with Crippen LogP contribution in [0.1, 0.15) is 25.0 Å². The number of carbonyl (C=O) groups is 1. The first-order valence-electron chi connectivity index (χ1n) is 7.65. The lowest BCUT2D eigenvalue weighted by Gasteiger charge is -2.40. The lowest BCUT2D eigenvalue weighted by molar-refractivity contribution is -0.384. The highest BCUT2D eigenvalue weighted by molar-refractivity contribution is 5.73. The zero-order chi connectivity index (χ0) is 17.5. The number of amides is 1. The highest BCUT2D eigenvalue weighted by Crippen LogP contribution is 2.40. The molecule has 2 aromatic carbocycles. The zero-order valence-electron chi connectivity index (χ0n) is 13.5. The second-order valence-electron chi connectivity index (χ2n) is 6.67. The fourth-order valence-electron chi connectivity index (χ4n) is 3.49. The summed E-state index contributed by atoms with van der Waals surface area (Å²) in [6, 6.07) is 12.3. The van der Waals surface area contributed by atoms with Gasteiger partial charge in [-0.05, 0) is 34.4 Å². The Morgan fingerprint density at radius 1 is 1.21 bits per heavy atom. The second kappa shape index (κ2) is 5.63. The van der Waals surface area contributed by atoms with Crippen LogP contribution in [-0.2, 0) is 12.0 Å². The van der Waals surface area contributed by atoms with Crippen LogP contribution >= 0.6 is 0 Å². The van der Waals surface area contributed by atoms with Gasteiger partial charge in [-0.15, -0.1) is 0 Å². The third-order valence-electron chi connectivity index (χ3n) is 4.43. The molecule has 0 fully saturated rings. The van der Waals surface area contributed by atoms with Gasteiger partial charge in [-0.25, -0.2) is 4.79 Å². The predicted octanol–water partition coefficient (Wildman–Crippen LogP) is 4.03. The molecular weight excluding hydrogens is 308 g/mol. The first-order valence-corrected chi connectivity index (χ1v) is 7.65. The van der Waals surface area contributed by atoms with Gasteiger partial charge in [0.05, 0.1) is 4.92 Å². The third-order valence-corrected chi connectivity index (χ3v) is 4.43. The molecule has 1 amide bonds. The lowest BCUT2D eigenvalue weighted by Crippen LogP contribution is -2.44. The van der Waals surface area contributed by atoms with Crippen molar-refractivity contribution in [2.24, 2.45) is 0 Å². The first kappa shape index (κ1) is 16.0. The molecule has 0 saturated carbocycles. The number of hydrogen-bond acceptors (Lipinski definition) is 3. The first-order chi connectivity index (χ1) is 11.3. The van der Waals surface area contributed by atoms with Gasteiger partial charge in [-0.2, -0.15) is 0 Å². The van der Waals surface area contributed by atoms with Crippen LogP contribution in [0.2, 0.25) is 0 Å². The fourth-order valence-corrected chi connectivity index (χ4v) is 3.49. The summed E-state index contributed by atoms with van der Waals surface area (Å²) in [7, 11) is 0. The van der Waals surface area contributed by atoms with Gasteiger partial charge in [0.25, 0.3) is 5.69 Å². The molecule has 2 aromatic rings. The lowest BCUT2D eigenvalue weighted by atomic mass is 9.74. The number of fused-ring (bicyclic) bond motifs is 1. The van der Waals surface area contributed by atoms with Gasteiger partial charge in [0.15, 0.2) is 0 Å². The van der Waals surface area contributed by atoms with Crippen LogP contribution in [-0.4, -0.2) is 27.6 Å². The number of non-ortho nitro benzene ring substituents is 1. The minimum absolute atomic E-state index is 0.0554. The van der Waals surface area contributed by atoms with Crippen LogP contribution in [0.5, 0.6) is 0 Å². The van der Waals surface area contributed by atoms with Gasteiger partial charge in [0.2, 0.25) is 0 Å². The molecule has 1 heterocycles. The highest BCUT2D eigenvalue weighted by atomic mass is 16.6. The van der Waals surface area contributed by atoms with E-state index < -0.39 is 11.0 Å². The SMILES string of the molecule is CC1(C)CN(C(=O)O)Cc2cccc(-c3ccc([N+](=O)[O-])cc3)c21. The van der Waals surface area contributed by atoms with Crippen molar-refractivity contribution in [3.8, 4) is 11.1 Å². The Labute approximate surface area is 139 Å². The van der Waals surface area contributed by atoms with Gasteiger partial charge in [-0.3, -0.25) is 10.1 Å². The fraction of sp³-hybridized carbons (Fsp3) is 0.278. The van der Waals surface area contributed by atoms with Crippen LogP contribution < -0.4 is 0 Å². The second-order valence-corrected chi connectivity index (χ2v) is 6.67. The molecule has 0 bridgehead atoms. The molecule has 0 atom stereocenters. The summed E-state index contributed by atoms with van der Waals surface area (Å²) in [5.74, 6) is 0. The number of nitro benzene ring substituents is 1.